The fraction of sp³-hybridized carbons (Fsp3) is 0.600. The number of aromatic nitrogens is 1. The molecule has 1 aliphatic rings. The standard InChI is InChI=1S/C15H24N4O/c1-2-6-13(16)15(20)18-12-7-8-14(17-11-12)19-9-4-3-5-10-19/h7-8,11,13H,2-6,9-10,16H2,1H3,(H,18,20)/t13-/m0/s1. The predicted octanol–water partition coefficient (Wildman–Crippen LogP) is 2.14. The Balaban J connectivity index is 1.92. The van der Waals surface area contributed by atoms with E-state index in [1.807, 2.05) is 19.1 Å². The fourth-order valence-electron chi connectivity index (χ4n) is 2.45. The number of rotatable bonds is 5. The van der Waals surface area contributed by atoms with E-state index >= 15 is 0 Å². The SMILES string of the molecule is CCC[C@H](N)C(=O)Nc1ccc(N2CCCCC2)nc1. The van der Waals surface area contributed by atoms with E-state index in [1.165, 1.54) is 19.3 Å². The van der Waals surface area contributed by atoms with Gasteiger partial charge in [-0.3, -0.25) is 4.79 Å². The van der Waals surface area contributed by atoms with Crippen molar-refractivity contribution in [3.63, 3.8) is 0 Å². The number of hydrogen-bond acceptors (Lipinski definition) is 4. The summed E-state index contributed by atoms with van der Waals surface area (Å²) in [5, 5.41) is 2.81. The Kier molecular flexibility index (Phi) is 5.35. The summed E-state index contributed by atoms with van der Waals surface area (Å²) in [7, 11) is 0. The molecule has 0 spiro atoms. The van der Waals surface area contributed by atoms with Gasteiger partial charge in [0.2, 0.25) is 5.91 Å². The number of carbonyl (C=O) groups is 1. The van der Waals surface area contributed by atoms with Crippen molar-refractivity contribution in [2.45, 2.75) is 45.1 Å². The van der Waals surface area contributed by atoms with Crippen LogP contribution in [0.3, 0.4) is 0 Å². The molecule has 20 heavy (non-hydrogen) atoms. The average Bonchev–Trinajstić information content (AvgIpc) is 2.49. The Hall–Kier alpha value is -1.62. The second kappa shape index (κ2) is 7.24. The molecule has 1 atom stereocenters. The molecule has 110 valence electrons. The number of anilines is 2. The minimum Gasteiger partial charge on any atom is -0.357 e. The third-order valence-corrected chi connectivity index (χ3v) is 3.63. The second-order valence-electron chi connectivity index (χ2n) is 5.34. The first-order valence-corrected chi connectivity index (χ1v) is 7.48. The lowest BCUT2D eigenvalue weighted by atomic mass is 10.1. The maximum absolute atomic E-state index is 11.8. The van der Waals surface area contributed by atoms with E-state index in [0.717, 1.165) is 25.3 Å². The van der Waals surface area contributed by atoms with Crippen LogP contribution in [-0.2, 0) is 4.79 Å². The maximum Gasteiger partial charge on any atom is 0.241 e. The normalized spacial score (nSPS) is 16.8. The van der Waals surface area contributed by atoms with Gasteiger partial charge in [0.15, 0.2) is 0 Å². The number of nitrogens with zero attached hydrogens (tertiary/aromatic N) is 2. The molecule has 3 N–H and O–H groups in total. The van der Waals surface area contributed by atoms with Crippen molar-refractivity contribution in [1.82, 2.24) is 4.98 Å². The predicted molar refractivity (Wildman–Crippen MR) is 81.8 cm³/mol. The van der Waals surface area contributed by atoms with E-state index in [1.54, 1.807) is 6.20 Å². The highest BCUT2D eigenvalue weighted by Gasteiger charge is 2.14. The molecule has 2 rings (SSSR count). The number of carbonyl (C=O) groups excluding carboxylic acids is 1. The molecule has 0 unspecified atom stereocenters. The zero-order valence-electron chi connectivity index (χ0n) is 12.1. The van der Waals surface area contributed by atoms with Gasteiger partial charge in [-0.15, -0.1) is 0 Å². The zero-order chi connectivity index (χ0) is 14.4. The van der Waals surface area contributed by atoms with Crippen molar-refractivity contribution in [2.24, 2.45) is 5.73 Å². The van der Waals surface area contributed by atoms with E-state index in [0.29, 0.717) is 12.1 Å². The van der Waals surface area contributed by atoms with Gasteiger partial charge in [0, 0.05) is 13.1 Å². The summed E-state index contributed by atoms with van der Waals surface area (Å²) >= 11 is 0. The highest BCUT2D eigenvalue weighted by Crippen LogP contribution is 2.19. The molecular formula is C15H24N4O. The van der Waals surface area contributed by atoms with Crippen LogP contribution in [0.4, 0.5) is 11.5 Å². The summed E-state index contributed by atoms with van der Waals surface area (Å²) in [6.45, 7) is 4.16. The van der Waals surface area contributed by atoms with Crippen LogP contribution in [-0.4, -0.2) is 30.0 Å². The molecule has 1 fully saturated rings. The Labute approximate surface area is 120 Å². The van der Waals surface area contributed by atoms with Crippen LogP contribution in [0.2, 0.25) is 0 Å². The van der Waals surface area contributed by atoms with E-state index in [2.05, 4.69) is 15.2 Å². The van der Waals surface area contributed by atoms with Crippen LogP contribution in [0.25, 0.3) is 0 Å². The highest BCUT2D eigenvalue weighted by molar-refractivity contribution is 5.94. The molecule has 1 amide bonds. The van der Waals surface area contributed by atoms with Crippen LogP contribution < -0.4 is 16.0 Å². The third-order valence-electron chi connectivity index (χ3n) is 3.63. The summed E-state index contributed by atoms with van der Waals surface area (Å²) in [6.07, 6.45) is 7.07. The first kappa shape index (κ1) is 14.8. The molecule has 0 bridgehead atoms. The Morgan fingerprint density at radius 3 is 2.75 bits per heavy atom. The summed E-state index contributed by atoms with van der Waals surface area (Å²) in [5.74, 6) is 0.847. The van der Waals surface area contributed by atoms with Crippen molar-refractivity contribution in [2.75, 3.05) is 23.3 Å². The van der Waals surface area contributed by atoms with Crippen molar-refractivity contribution in [3.8, 4) is 0 Å². The van der Waals surface area contributed by atoms with Gasteiger partial charge in [-0.25, -0.2) is 4.98 Å². The highest BCUT2D eigenvalue weighted by atomic mass is 16.2. The van der Waals surface area contributed by atoms with Crippen molar-refractivity contribution in [1.29, 1.82) is 0 Å². The average molecular weight is 276 g/mol. The third kappa shape index (κ3) is 3.93. The molecule has 1 saturated heterocycles. The van der Waals surface area contributed by atoms with Gasteiger partial charge in [-0.2, -0.15) is 0 Å². The number of pyridine rings is 1. The van der Waals surface area contributed by atoms with E-state index < -0.39 is 6.04 Å². The zero-order valence-corrected chi connectivity index (χ0v) is 12.1. The number of amides is 1. The van der Waals surface area contributed by atoms with Crippen LogP contribution in [0.15, 0.2) is 18.3 Å². The lowest BCUT2D eigenvalue weighted by Crippen LogP contribution is -2.35. The van der Waals surface area contributed by atoms with E-state index in [4.69, 9.17) is 5.73 Å². The molecule has 2 heterocycles. The smallest absolute Gasteiger partial charge is 0.241 e. The summed E-state index contributed by atoms with van der Waals surface area (Å²) < 4.78 is 0. The van der Waals surface area contributed by atoms with Gasteiger partial charge in [-0.05, 0) is 37.8 Å². The van der Waals surface area contributed by atoms with Crippen molar-refractivity contribution in [3.05, 3.63) is 18.3 Å². The Bertz CT molecular complexity index is 426. The van der Waals surface area contributed by atoms with Crippen LogP contribution in [0.5, 0.6) is 0 Å². The molecule has 0 aliphatic carbocycles. The van der Waals surface area contributed by atoms with E-state index in [9.17, 15) is 4.79 Å². The lowest BCUT2D eigenvalue weighted by Gasteiger charge is -2.27. The van der Waals surface area contributed by atoms with Gasteiger partial charge < -0.3 is 16.0 Å². The van der Waals surface area contributed by atoms with Crippen molar-refractivity contribution < 1.29 is 4.79 Å². The van der Waals surface area contributed by atoms with Gasteiger partial charge in [0.25, 0.3) is 0 Å². The van der Waals surface area contributed by atoms with E-state index in [-0.39, 0.29) is 5.91 Å². The summed E-state index contributed by atoms with van der Waals surface area (Å²) in [4.78, 5) is 18.5. The quantitative estimate of drug-likeness (QED) is 0.864. The molecule has 0 aromatic carbocycles. The Morgan fingerprint density at radius 1 is 1.40 bits per heavy atom. The van der Waals surface area contributed by atoms with Crippen LogP contribution in [0.1, 0.15) is 39.0 Å². The molecule has 5 nitrogen and oxygen atoms in total. The largest absolute Gasteiger partial charge is 0.357 e. The number of nitrogens with two attached hydrogens (primary N) is 1. The Morgan fingerprint density at radius 2 is 2.15 bits per heavy atom. The first-order valence-electron chi connectivity index (χ1n) is 7.48. The molecule has 0 radical (unpaired) electrons. The molecule has 1 aromatic heterocycles. The maximum atomic E-state index is 11.8. The van der Waals surface area contributed by atoms with Crippen LogP contribution in [0, 0.1) is 0 Å². The number of piperidine rings is 1. The monoisotopic (exact) mass is 276 g/mol. The molecular weight excluding hydrogens is 252 g/mol. The number of nitrogens with one attached hydrogen (secondary N) is 1. The minimum atomic E-state index is -0.443. The summed E-state index contributed by atoms with van der Waals surface area (Å²) in [6, 6.07) is 3.42. The van der Waals surface area contributed by atoms with Crippen molar-refractivity contribution >= 4 is 17.4 Å². The molecule has 5 heteroatoms. The van der Waals surface area contributed by atoms with Crippen LogP contribution >= 0.6 is 0 Å². The minimum absolute atomic E-state index is 0.139. The van der Waals surface area contributed by atoms with Gasteiger partial charge >= 0.3 is 0 Å². The topological polar surface area (TPSA) is 71.2 Å². The van der Waals surface area contributed by atoms with Gasteiger partial charge in [-0.1, -0.05) is 13.3 Å². The molecule has 1 aliphatic heterocycles. The summed E-state index contributed by atoms with van der Waals surface area (Å²) in [5.41, 5.74) is 6.49. The number of hydrogen-bond donors (Lipinski definition) is 2. The lowest BCUT2D eigenvalue weighted by molar-refractivity contribution is -0.117. The fourth-order valence-corrected chi connectivity index (χ4v) is 2.45. The molecule has 1 aromatic rings. The second-order valence-corrected chi connectivity index (χ2v) is 5.34. The molecule has 0 saturated carbocycles. The first-order chi connectivity index (χ1) is 9.70. The van der Waals surface area contributed by atoms with Gasteiger partial charge in [0.1, 0.15) is 5.82 Å². The van der Waals surface area contributed by atoms with Gasteiger partial charge in [0.05, 0.1) is 17.9 Å².